The van der Waals surface area contributed by atoms with Gasteiger partial charge in [-0.25, -0.2) is 0 Å². The maximum atomic E-state index is 9.89. The molecule has 1 N–H and O–H groups in total. The Hall–Kier alpha value is -1.94. The molecule has 3 nitrogen and oxygen atoms in total. The third-order valence-corrected chi connectivity index (χ3v) is 2.47. The van der Waals surface area contributed by atoms with Crippen LogP contribution in [0.3, 0.4) is 0 Å². The Morgan fingerprint density at radius 1 is 0.944 bits per heavy atom. The van der Waals surface area contributed by atoms with Gasteiger partial charge in [0.05, 0.1) is 6.61 Å². The molecule has 2 aromatic carbocycles. The second-order valence-corrected chi connectivity index (χ2v) is 3.79. The topological polar surface area (TPSA) is 38.7 Å². The molecule has 0 unspecified atom stereocenters. The van der Waals surface area contributed by atoms with Crippen LogP contribution in [-0.4, -0.2) is 18.7 Å². The summed E-state index contributed by atoms with van der Waals surface area (Å²) in [5.74, 6) is 1.40. The van der Waals surface area contributed by atoms with Gasteiger partial charge in [0.15, 0.2) is 0 Å². The van der Waals surface area contributed by atoms with E-state index >= 15 is 0 Å². The first-order chi connectivity index (χ1) is 8.79. The van der Waals surface area contributed by atoms with E-state index in [1.54, 1.807) is 12.1 Å². The van der Waals surface area contributed by atoms with Crippen molar-refractivity contribution in [3.05, 3.63) is 54.6 Å². The highest BCUT2D eigenvalue weighted by Crippen LogP contribution is 2.17. The van der Waals surface area contributed by atoms with Crippen LogP contribution in [0.1, 0.15) is 6.92 Å². The zero-order valence-electron chi connectivity index (χ0n) is 10.2. The Labute approximate surface area is 107 Å². The maximum absolute atomic E-state index is 9.89. The number of benzene rings is 2. The van der Waals surface area contributed by atoms with E-state index in [1.165, 1.54) is 0 Å². The van der Waals surface area contributed by atoms with Crippen molar-refractivity contribution in [3.8, 4) is 11.5 Å². The van der Waals surface area contributed by atoms with Crippen LogP contribution in [0.5, 0.6) is 11.5 Å². The quantitative estimate of drug-likeness (QED) is 0.813. The summed E-state index contributed by atoms with van der Waals surface area (Å²) in [7, 11) is -0.954. The molecule has 0 amide bonds. The van der Waals surface area contributed by atoms with E-state index in [2.05, 4.69) is 0 Å². The van der Waals surface area contributed by atoms with E-state index in [0.717, 1.165) is 11.2 Å². The minimum absolute atomic E-state index is 0.606. The first-order valence-corrected chi connectivity index (χ1v) is 5.92. The summed E-state index contributed by atoms with van der Waals surface area (Å²) in [6.07, 6.45) is 0. The van der Waals surface area contributed by atoms with Crippen molar-refractivity contribution < 1.29 is 14.4 Å². The smallest absolute Gasteiger partial charge is 0.532 e. The first-order valence-electron chi connectivity index (χ1n) is 5.92. The van der Waals surface area contributed by atoms with Gasteiger partial charge in [-0.2, -0.15) is 0 Å². The Morgan fingerprint density at radius 2 is 1.56 bits per heavy atom. The average molecular weight is 242 g/mol. The third kappa shape index (κ3) is 3.28. The molecule has 0 saturated heterocycles. The molecule has 92 valence electrons. The van der Waals surface area contributed by atoms with Crippen LogP contribution in [0, 0.1) is 0 Å². The third-order valence-electron chi connectivity index (χ3n) is 2.47. The lowest BCUT2D eigenvalue weighted by molar-refractivity contribution is 0.339. The molecule has 0 aliphatic carbocycles. The van der Waals surface area contributed by atoms with Crippen LogP contribution in [0.25, 0.3) is 0 Å². The average Bonchev–Trinajstić information content (AvgIpc) is 2.42. The van der Waals surface area contributed by atoms with Gasteiger partial charge < -0.3 is 14.4 Å². The van der Waals surface area contributed by atoms with Crippen molar-refractivity contribution in [2.24, 2.45) is 0 Å². The second-order valence-electron chi connectivity index (χ2n) is 3.79. The standard InChI is InChI=1S/C14H15BO3/c1-2-17-13-8-10-14(11-9-13)18-15(16)12-6-4-3-5-7-12/h3-11,16H,2H2,1H3. The molecule has 0 aliphatic heterocycles. The molecular weight excluding hydrogens is 227 g/mol. The fraction of sp³-hybridized carbons (Fsp3) is 0.143. The van der Waals surface area contributed by atoms with E-state index in [0.29, 0.717) is 12.4 Å². The Morgan fingerprint density at radius 3 is 2.17 bits per heavy atom. The van der Waals surface area contributed by atoms with Crippen molar-refractivity contribution in [3.63, 3.8) is 0 Å². The predicted molar refractivity (Wildman–Crippen MR) is 72.3 cm³/mol. The zero-order valence-corrected chi connectivity index (χ0v) is 10.2. The molecule has 2 rings (SSSR count). The molecule has 0 bridgehead atoms. The van der Waals surface area contributed by atoms with Crippen molar-refractivity contribution in [2.45, 2.75) is 6.92 Å². The molecule has 0 fully saturated rings. The lowest BCUT2D eigenvalue weighted by atomic mass is 9.79. The Balaban J connectivity index is 2.01. The van der Waals surface area contributed by atoms with Gasteiger partial charge in [0.1, 0.15) is 11.5 Å². The molecule has 2 aromatic rings. The second kappa shape index (κ2) is 6.12. The van der Waals surface area contributed by atoms with E-state index in [1.807, 2.05) is 49.4 Å². The van der Waals surface area contributed by atoms with Crippen molar-refractivity contribution >= 4 is 12.6 Å². The summed E-state index contributed by atoms with van der Waals surface area (Å²) < 4.78 is 10.8. The maximum Gasteiger partial charge on any atom is 0.560 e. The lowest BCUT2D eigenvalue weighted by Gasteiger charge is -2.10. The summed E-state index contributed by atoms with van der Waals surface area (Å²) in [5, 5.41) is 9.89. The Kier molecular flexibility index (Phi) is 4.26. The van der Waals surface area contributed by atoms with Crippen molar-refractivity contribution in [1.82, 2.24) is 0 Å². The van der Waals surface area contributed by atoms with Gasteiger partial charge in [0.25, 0.3) is 0 Å². The lowest BCUT2D eigenvalue weighted by Crippen LogP contribution is -2.36. The first kappa shape index (κ1) is 12.5. The molecule has 0 aliphatic rings. The monoisotopic (exact) mass is 242 g/mol. The largest absolute Gasteiger partial charge is 0.560 e. The number of rotatable bonds is 5. The van der Waals surface area contributed by atoms with E-state index in [4.69, 9.17) is 9.39 Å². The highest BCUT2D eigenvalue weighted by molar-refractivity contribution is 6.60. The minimum Gasteiger partial charge on any atom is -0.532 e. The summed E-state index contributed by atoms with van der Waals surface area (Å²) in [5.41, 5.74) is 0.728. The fourth-order valence-corrected chi connectivity index (χ4v) is 1.60. The molecule has 4 heteroatoms. The van der Waals surface area contributed by atoms with Gasteiger partial charge in [0, 0.05) is 0 Å². The highest BCUT2D eigenvalue weighted by Gasteiger charge is 2.17. The molecule has 0 spiro atoms. The van der Waals surface area contributed by atoms with Crippen LogP contribution in [-0.2, 0) is 0 Å². The summed E-state index contributed by atoms with van der Waals surface area (Å²) >= 11 is 0. The van der Waals surface area contributed by atoms with Gasteiger partial charge in [-0.05, 0) is 36.7 Å². The van der Waals surface area contributed by atoms with Crippen molar-refractivity contribution in [1.29, 1.82) is 0 Å². The van der Waals surface area contributed by atoms with Crippen LogP contribution < -0.4 is 14.9 Å². The van der Waals surface area contributed by atoms with Gasteiger partial charge >= 0.3 is 7.12 Å². The van der Waals surface area contributed by atoms with Gasteiger partial charge in [-0.3, -0.25) is 0 Å². The van der Waals surface area contributed by atoms with Gasteiger partial charge in [0.2, 0.25) is 0 Å². The number of hydrogen-bond acceptors (Lipinski definition) is 3. The molecule has 18 heavy (non-hydrogen) atoms. The van der Waals surface area contributed by atoms with Crippen LogP contribution in [0.2, 0.25) is 0 Å². The summed E-state index contributed by atoms with van der Waals surface area (Å²) in [4.78, 5) is 0. The summed E-state index contributed by atoms with van der Waals surface area (Å²) in [6.45, 7) is 2.57. The zero-order chi connectivity index (χ0) is 12.8. The van der Waals surface area contributed by atoms with E-state index < -0.39 is 7.12 Å². The molecule has 0 radical (unpaired) electrons. The van der Waals surface area contributed by atoms with Gasteiger partial charge in [-0.1, -0.05) is 30.3 Å². The molecule has 0 saturated carbocycles. The van der Waals surface area contributed by atoms with Crippen LogP contribution >= 0.6 is 0 Å². The number of hydrogen-bond donors (Lipinski definition) is 1. The van der Waals surface area contributed by atoms with Crippen LogP contribution in [0.15, 0.2) is 54.6 Å². The molecule has 0 heterocycles. The predicted octanol–water partition coefficient (Wildman–Crippen LogP) is 1.85. The molecule has 0 aromatic heterocycles. The summed E-state index contributed by atoms with van der Waals surface area (Å²) in [6, 6.07) is 16.4. The minimum atomic E-state index is -0.954. The van der Waals surface area contributed by atoms with Crippen LogP contribution in [0.4, 0.5) is 0 Å². The van der Waals surface area contributed by atoms with E-state index in [9.17, 15) is 5.02 Å². The normalized spacial score (nSPS) is 9.89. The SMILES string of the molecule is CCOc1ccc(OB(O)c2ccccc2)cc1. The van der Waals surface area contributed by atoms with Crippen molar-refractivity contribution in [2.75, 3.05) is 6.61 Å². The van der Waals surface area contributed by atoms with E-state index in [-0.39, 0.29) is 0 Å². The molecular formula is C14H15BO3. The molecule has 0 atom stereocenters. The Bertz CT molecular complexity index is 470. The highest BCUT2D eigenvalue weighted by atomic mass is 16.5. The van der Waals surface area contributed by atoms with Gasteiger partial charge in [-0.15, -0.1) is 0 Å². The number of ether oxygens (including phenoxy) is 1. The fourth-order valence-electron chi connectivity index (χ4n) is 1.60.